The maximum atomic E-state index is 12.4. The first-order valence-corrected chi connectivity index (χ1v) is 4.94. The van der Waals surface area contributed by atoms with Crippen molar-refractivity contribution in [1.29, 1.82) is 0 Å². The van der Waals surface area contributed by atoms with E-state index in [-0.39, 0.29) is 18.0 Å². The number of nitrogens with zero attached hydrogens (tertiary/aromatic N) is 1. The lowest BCUT2D eigenvalue weighted by molar-refractivity contribution is -0.275. The van der Waals surface area contributed by atoms with Gasteiger partial charge in [-0.05, 0) is 0 Å². The van der Waals surface area contributed by atoms with Gasteiger partial charge in [0.2, 0.25) is 0 Å². The molecular formula is C10H11F3N2O4. The molecule has 0 aliphatic carbocycles. The first-order chi connectivity index (χ1) is 8.84. The van der Waals surface area contributed by atoms with Gasteiger partial charge in [-0.1, -0.05) is 0 Å². The van der Waals surface area contributed by atoms with Crippen LogP contribution in [0.3, 0.4) is 0 Å². The van der Waals surface area contributed by atoms with E-state index in [1.165, 1.54) is 0 Å². The zero-order chi connectivity index (χ0) is 14.6. The van der Waals surface area contributed by atoms with Crippen molar-refractivity contribution >= 4 is 5.97 Å². The number of rotatable bonds is 4. The van der Waals surface area contributed by atoms with Crippen LogP contribution in [0.5, 0.6) is 11.5 Å². The zero-order valence-corrected chi connectivity index (χ0v) is 10.1. The van der Waals surface area contributed by atoms with Crippen molar-refractivity contribution in [3.05, 3.63) is 17.5 Å². The Kier molecular flexibility index (Phi) is 4.54. The summed E-state index contributed by atoms with van der Waals surface area (Å²) in [5, 5.41) is 0. The molecule has 0 amide bonds. The third-order valence-electron chi connectivity index (χ3n) is 2.08. The molecule has 0 aliphatic rings. The van der Waals surface area contributed by atoms with E-state index < -0.39 is 23.6 Å². The lowest BCUT2D eigenvalue weighted by atomic mass is 10.2. The summed E-state index contributed by atoms with van der Waals surface area (Å²) in [6.45, 7) is -0.182. The van der Waals surface area contributed by atoms with Gasteiger partial charge in [0.05, 0.1) is 19.9 Å². The minimum atomic E-state index is -5.00. The Morgan fingerprint density at radius 3 is 2.42 bits per heavy atom. The average molecular weight is 280 g/mol. The fourth-order valence-corrected chi connectivity index (χ4v) is 1.34. The molecule has 1 rings (SSSR count). The molecule has 1 heterocycles. The van der Waals surface area contributed by atoms with E-state index >= 15 is 0 Å². The zero-order valence-electron chi connectivity index (χ0n) is 10.1. The molecular weight excluding hydrogens is 269 g/mol. The number of esters is 1. The van der Waals surface area contributed by atoms with E-state index in [4.69, 9.17) is 10.5 Å². The van der Waals surface area contributed by atoms with Gasteiger partial charge in [-0.15, -0.1) is 13.2 Å². The molecule has 1 aromatic rings. The highest BCUT2D eigenvalue weighted by Gasteiger charge is 2.36. The molecule has 0 fully saturated rings. The van der Waals surface area contributed by atoms with Crippen LogP contribution in [0.15, 0.2) is 6.20 Å². The highest BCUT2D eigenvalue weighted by atomic mass is 19.4. The second kappa shape index (κ2) is 5.74. The Hall–Kier alpha value is -2.03. The lowest BCUT2D eigenvalue weighted by Crippen LogP contribution is -2.21. The normalized spacial score (nSPS) is 11.1. The Bertz CT molecular complexity index is 477. The number of pyridine rings is 1. The number of carbonyl (C=O) groups is 1. The Morgan fingerprint density at radius 2 is 2.00 bits per heavy atom. The van der Waals surface area contributed by atoms with Crippen molar-refractivity contribution in [2.75, 3.05) is 14.2 Å². The molecule has 2 N–H and O–H groups in total. The van der Waals surface area contributed by atoms with Crippen LogP contribution in [0.25, 0.3) is 0 Å². The van der Waals surface area contributed by atoms with Crippen LogP contribution in [-0.4, -0.2) is 31.5 Å². The van der Waals surface area contributed by atoms with Crippen LogP contribution in [0.1, 0.15) is 16.1 Å². The van der Waals surface area contributed by atoms with Crippen molar-refractivity contribution in [3.63, 3.8) is 0 Å². The second-order valence-corrected chi connectivity index (χ2v) is 3.22. The fraction of sp³-hybridized carbons (Fsp3) is 0.400. The number of alkyl halides is 3. The summed E-state index contributed by atoms with van der Waals surface area (Å²) in [6.07, 6.45) is -4.11. The van der Waals surface area contributed by atoms with Crippen LogP contribution in [0, 0.1) is 0 Å². The molecule has 0 unspecified atom stereocenters. The summed E-state index contributed by atoms with van der Waals surface area (Å²) < 4.78 is 50.0. The molecule has 0 bridgehead atoms. The van der Waals surface area contributed by atoms with Gasteiger partial charge >= 0.3 is 12.3 Å². The van der Waals surface area contributed by atoms with E-state index in [1.807, 2.05) is 0 Å². The number of aromatic nitrogens is 1. The highest BCUT2D eigenvalue weighted by molar-refractivity contribution is 5.93. The van der Waals surface area contributed by atoms with Crippen LogP contribution >= 0.6 is 0 Å². The Labute approximate surface area is 106 Å². The minimum absolute atomic E-state index is 0.0226. The number of ether oxygens (including phenoxy) is 3. The Balaban J connectivity index is 3.44. The smallest absolute Gasteiger partial charge is 0.491 e. The molecule has 0 saturated carbocycles. The molecule has 0 radical (unpaired) electrons. The van der Waals surface area contributed by atoms with Gasteiger partial charge in [-0.2, -0.15) is 0 Å². The van der Waals surface area contributed by atoms with Crippen molar-refractivity contribution in [2.24, 2.45) is 5.73 Å². The topological polar surface area (TPSA) is 83.7 Å². The summed E-state index contributed by atoms with van der Waals surface area (Å²) in [7, 11) is 2.13. The first-order valence-electron chi connectivity index (χ1n) is 4.94. The summed E-state index contributed by atoms with van der Waals surface area (Å²) >= 11 is 0. The average Bonchev–Trinajstić information content (AvgIpc) is 2.35. The maximum absolute atomic E-state index is 12.4. The van der Waals surface area contributed by atoms with Gasteiger partial charge in [0.15, 0.2) is 11.5 Å². The SMILES string of the molecule is COC(=O)c1cnc(CN)c(OC)c1OC(F)(F)F. The van der Waals surface area contributed by atoms with Gasteiger partial charge in [-0.3, -0.25) is 4.98 Å². The fourth-order valence-electron chi connectivity index (χ4n) is 1.34. The summed E-state index contributed by atoms with van der Waals surface area (Å²) in [5.41, 5.74) is 4.84. The first kappa shape index (κ1) is 15.0. The molecule has 1 aromatic heterocycles. The van der Waals surface area contributed by atoms with E-state index in [2.05, 4.69) is 14.5 Å². The molecule has 0 saturated heterocycles. The molecule has 6 nitrogen and oxygen atoms in total. The number of hydrogen-bond donors (Lipinski definition) is 1. The van der Waals surface area contributed by atoms with Crippen molar-refractivity contribution in [3.8, 4) is 11.5 Å². The van der Waals surface area contributed by atoms with E-state index in [1.54, 1.807) is 0 Å². The highest BCUT2D eigenvalue weighted by Crippen LogP contribution is 2.37. The predicted molar refractivity (Wildman–Crippen MR) is 56.7 cm³/mol. The van der Waals surface area contributed by atoms with Crippen molar-refractivity contribution < 1.29 is 32.2 Å². The van der Waals surface area contributed by atoms with Crippen LogP contribution in [0.4, 0.5) is 13.2 Å². The van der Waals surface area contributed by atoms with E-state index in [0.29, 0.717) is 0 Å². The van der Waals surface area contributed by atoms with Crippen molar-refractivity contribution in [1.82, 2.24) is 4.98 Å². The summed E-state index contributed by atoms with van der Waals surface area (Å²) in [6, 6.07) is 0. The predicted octanol–water partition coefficient (Wildman–Crippen LogP) is 1.23. The van der Waals surface area contributed by atoms with Gasteiger partial charge < -0.3 is 19.9 Å². The molecule has 19 heavy (non-hydrogen) atoms. The molecule has 0 aromatic carbocycles. The summed E-state index contributed by atoms with van der Waals surface area (Å²) in [5.74, 6) is -2.21. The molecule has 9 heteroatoms. The van der Waals surface area contributed by atoms with E-state index in [9.17, 15) is 18.0 Å². The summed E-state index contributed by atoms with van der Waals surface area (Å²) in [4.78, 5) is 15.1. The number of hydrogen-bond acceptors (Lipinski definition) is 6. The van der Waals surface area contributed by atoms with Gasteiger partial charge in [0.1, 0.15) is 5.56 Å². The maximum Gasteiger partial charge on any atom is 0.573 e. The molecule has 0 aliphatic heterocycles. The largest absolute Gasteiger partial charge is 0.573 e. The van der Waals surface area contributed by atoms with E-state index in [0.717, 1.165) is 20.4 Å². The van der Waals surface area contributed by atoms with Crippen LogP contribution in [0.2, 0.25) is 0 Å². The standard InChI is InChI=1S/C10H11F3N2O4/c1-17-8-6(3-14)15-4-5(9(16)18-2)7(8)19-10(11,12)13/h4H,3,14H2,1-2H3. The minimum Gasteiger partial charge on any atom is -0.491 e. The second-order valence-electron chi connectivity index (χ2n) is 3.22. The quantitative estimate of drug-likeness (QED) is 0.835. The third kappa shape index (κ3) is 3.47. The third-order valence-corrected chi connectivity index (χ3v) is 2.08. The van der Waals surface area contributed by atoms with Gasteiger partial charge in [0, 0.05) is 12.7 Å². The molecule has 106 valence electrons. The Morgan fingerprint density at radius 1 is 1.37 bits per heavy atom. The van der Waals surface area contributed by atoms with Gasteiger partial charge in [-0.25, -0.2) is 4.79 Å². The molecule has 0 spiro atoms. The number of nitrogens with two attached hydrogens (primary N) is 1. The molecule has 0 atom stereocenters. The monoisotopic (exact) mass is 280 g/mol. The van der Waals surface area contributed by atoms with Gasteiger partial charge in [0.25, 0.3) is 0 Å². The number of halogens is 3. The van der Waals surface area contributed by atoms with Crippen molar-refractivity contribution in [2.45, 2.75) is 12.9 Å². The van der Waals surface area contributed by atoms with Crippen LogP contribution < -0.4 is 15.2 Å². The lowest BCUT2D eigenvalue weighted by Gasteiger charge is -2.16. The van der Waals surface area contributed by atoms with Crippen LogP contribution in [-0.2, 0) is 11.3 Å². The number of methoxy groups -OCH3 is 2. The number of carbonyl (C=O) groups excluding carboxylic acids is 1.